The van der Waals surface area contributed by atoms with Crippen LogP contribution in [-0.2, 0) is 20.9 Å². The molecule has 1 aliphatic rings. The molecule has 0 aliphatic heterocycles. The Morgan fingerprint density at radius 1 is 1.43 bits per heavy atom. The second-order valence-electron chi connectivity index (χ2n) is 6.25. The normalized spacial score (nSPS) is 23.8. The molecular weight excluding hydrogens is 318 g/mol. The van der Waals surface area contributed by atoms with Crippen LogP contribution in [0, 0.1) is 17.3 Å². The van der Waals surface area contributed by atoms with Gasteiger partial charge in [0.1, 0.15) is 0 Å². The summed E-state index contributed by atoms with van der Waals surface area (Å²) in [5, 5.41) is 3.12. The van der Waals surface area contributed by atoms with Gasteiger partial charge in [-0.25, -0.2) is 4.98 Å². The molecule has 1 saturated carbocycles. The minimum atomic E-state index is -0.568. The minimum Gasteiger partial charge on any atom is -0.469 e. The van der Waals surface area contributed by atoms with Crippen molar-refractivity contribution < 1.29 is 14.3 Å². The molecule has 1 aromatic heterocycles. The molecule has 0 radical (unpaired) electrons. The third-order valence-electron chi connectivity index (χ3n) is 4.77. The van der Waals surface area contributed by atoms with Crippen molar-refractivity contribution in [1.82, 2.24) is 15.3 Å². The molecule has 1 fully saturated rings. The van der Waals surface area contributed by atoms with Crippen LogP contribution in [0.5, 0.6) is 0 Å². The van der Waals surface area contributed by atoms with Crippen LogP contribution >= 0.6 is 11.6 Å². The van der Waals surface area contributed by atoms with E-state index in [9.17, 15) is 9.59 Å². The molecule has 0 saturated heterocycles. The van der Waals surface area contributed by atoms with E-state index in [1.807, 2.05) is 13.8 Å². The van der Waals surface area contributed by atoms with Crippen molar-refractivity contribution in [1.29, 1.82) is 0 Å². The number of nitrogens with zero attached hydrogens (tertiary/aromatic N) is 2. The standard InChI is InChI=1S/C16H22ClN3O3/c1-10(2)16(15(22)23-3)5-4-11(8-16)14(21)20-9-12-13(17)19-7-6-18-12/h6-7,10-11H,4-5,8-9H2,1-3H3,(H,20,21). The van der Waals surface area contributed by atoms with Crippen molar-refractivity contribution >= 4 is 23.5 Å². The van der Waals surface area contributed by atoms with Gasteiger partial charge in [-0.15, -0.1) is 0 Å². The van der Waals surface area contributed by atoms with Crippen molar-refractivity contribution in [3.8, 4) is 0 Å². The number of hydrogen-bond donors (Lipinski definition) is 1. The number of ether oxygens (including phenoxy) is 1. The Hall–Kier alpha value is -1.69. The van der Waals surface area contributed by atoms with E-state index >= 15 is 0 Å². The number of rotatable bonds is 5. The summed E-state index contributed by atoms with van der Waals surface area (Å²) in [6.45, 7) is 4.22. The SMILES string of the molecule is COC(=O)C1(C(C)C)CCC(C(=O)NCc2nccnc2Cl)C1. The van der Waals surface area contributed by atoms with Crippen molar-refractivity contribution in [3.63, 3.8) is 0 Å². The third-order valence-corrected chi connectivity index (χ3v) is 5.09. The molecule has 1 aromatic rings. The molecule has 0 spiro atoms. The lowest BCUT2D eigenvalue weighted by Gasteiger charge is -2.30. The second kappa shape index (κ2) is 7.25. The zero-order valence-electron chi connectivity index (χ0n) is 13.6. The number of amides is 1. The van der Waals surface area contributed by atoms with E-state index in [1.165, 1.54) is 19.5 Å². The molecule has 23 heavy (non-hydrogen) atoms. The predicted molar refractivity (Wildman–Crippen MR) is 85.5 cm³/mol. The maximum absolute atomic E-state index is 12.4. The molecule has 2 atom stereocenters. The Morgan fingerprint density at radius 3 is 2.74 bits per heavy atom. The monoisotopic (exact) mass is 339 g/mol. The highest BCUT2D eigenvalue weighted by Crippen LogP contribution is 2.48. The molecule has 1 aliphatic carbocycles. The van der Waals surface area contributed by atoms with Gasteiger partial charge in [0, 0.05) is 18.3 Å². The van der Waals surface area contributed by atoms with Crippen LogP contribution in [-0.4, -0.2) is 29.0 Å². The van der Waals surface area contributed by atoms with Crippen LogP contribution in [0.25, 0.3) is 0 Å². The summed E-state index contributed by atoms with van der Waals surface area (Å²) >= 11 is 5.93. The molecule has 6 nitrogen and oxygen atoms in total. The highest BCUT2D eigenvalue weighted by atomic mass is 35.5. The van der Waals surface area contributed by atoms with E-state index in [0.29, 0.717) is 25.0 Å². The van der Waals surface area contributed by atoms with Crippen molar-refractivity contribution in [2.45, 2.75) is 39.7 Å². The number of esters is 1. The number of nitrogens with one attached hydrogen (secondary N) is 1. The van der Waals surface area contributed by atoms with Gasteiger partial charge in [-0.1, -0.05) is 25.4 Å². The second-order valence-corrected chi connectivity index (χ2v) is 6.61. The average molecular weight is 340 g/mol. The lowest BCUT2D eigenvalue weighted by molar-refractivity contribution is -0.155. The van der Waals surface area contributed by atoms with E-state index in [4.69, 9.17) is 16.3 Å². The van der Waals surface area contributed by atoms with Gasteiger partial charge >= 0.3 is 5.97 Å². The fourth-order valence-electron chi connectivity index (χ4n) is 3.23. The molecule has 2 rings (SSSR count). The van der Waals surface area contributed by atoms with Crippen LogP contribution in [0.15, 0.2) is 12.4 Å². The molecular formula is C16H22ClN3O3. The number of hydrogen-bond acceptors (Lipinski definition) is 5. The largest absolute Gasteiger partial charge is 0.469 e. The zero-order chi connectivity index (χ0) is 17.0. The third kappa shape index (κ3) is 3.63. The number of carbonyl (C=O) groups excluding carboxylic acids is 2. The summed E-state index contributed by atoms with van der Waals surface area (Å²) < 4.78 is 4.97. The van der Waals surface area contributed by atoms with E-state index in [2.05, 4.69) is 15.3 Å². The first-order valence-corrected chi connectivity index (χ1v) is 8.10. The molecule has 7 heteroatoms. The van der Waals surface area contributed by atoms with Crippen LogP contribution in [0.2, 0.25) is 5.15 Å². The molecule has 1 N–H and O–H groups in total. The van der Waals surface area contributed by atoms with Crippen molar-refractivity contribution in [2.24, 2.45) is 17.3 Å². The van der Waals surface area contributed by atoms with Gasteiger partial charge in [0.2, 0.25) is 5.91 Å². The Labute approximate surface area is 141 Å². The van der Waals surface area contributed by atoms with Gasteiger partial charge in [-0.2, -0.15) is 0 Å². The fourth-order valence-corrected chi connectivity index (χ4v) is 3.40. The molecule has 126 valence electrons. The summed E-state index contributed by atoms with van der Waals surface area (Å²) in [6.07, 6.45) is 4.88. The van der Waals surface area contributed by atoms with Gasteiger partial charge in [0.05, 0.1) is 24.8 Å². The van der Waals surface area contributed by atoms with Gasteiger partial charge in [0.25, 0.3) is 0 Å². The van der Waals surface area contributed by atoms with Crippen LogP contribution in [0.3, 0.4) is 0 Å². The first-order chi connectivity index (χ1) is 10.9. The first-order valence-electron chi connectivity index (χ1n) is 7.72. The van der Waals surface area contributed by atoms with E-state index in [1.54, 1.807) is 0 Å². The quantitative estimate of drug-likeness (QED) is 0.833. The van der Waals surface area contributed by atoms with Crippen molar-refractivity contribution in [2.75, 3.05) is 7.11 Å². The van der Waals surface area contributed by atoms with E-state index in [0.717, 1.165) is 0 Å². The van der Waals surface area contributed by atoms with Gasteiger partial charge in [0.15, 0.2) is 5.15 Å². The van der Waals surface area contributed by atoms with Crippen LogP contribution < -0.4 is 5.32 Å². The van der Waals surface area contributed by atoms with Crippen LogP contribution in [0.4, 0.5) is 0 Å². The number of halogens is 1. The zero-order valence-corrected chi connectivity index (χ0v) is 14.4. The highest BCUT2D eigenvalue weighted by molar-refractivity contribution is 6.29. The molecule has 1 heterocycles. The Kier molecular flexibility index (Phi) is 5.57. The molecule has 1 amide bonds. The molecule has 0 aromatic carbocycles. The summed E-state index contributed by atoms with van der Waals surface area (Å²) in [5.74, 6) is -0.382. The lowest BCUT2D eigenvalue weighted by Crippen LogP contribution is -2.37. The van der Waals surface area contributed by atoms with E-state index in [-0.39, 0.29) is 35.4 Å². The summed E-state index contributed by atoms with van der Waals surface area (Å²) in [4.78, 5) is 32.6. The predicted octanol–water partition coefficient (Wildman–Crippen LogP) is 2.36. The number of methoxy groups -OCH3 is 1. The summed E-state index contributed by atoms with van der Waals surface area (Å²) in [5.41, 5.74) is -0.0374. The van der Waals surface area contributed by atoms with Gasteiger partial charge < -0.3 is 10.1 Å². The smallest absolute Gasteiger partial charge is 0.312 e. The van der Waals surface area contributed by atoms with E-state index < -0.39 is 5.41 Å². The maximum atomic E-state index is 12.4. The molecule has 0 bridgehead atoms. The Balaban J connectivity index is 1.99. The van der Waals surface area contributed by atoms with Crippen molar-refractivity contribution in [3.05, 3.63) is 23.2 Å². The summed E-state index contributed by atoms with van der Waals surface area (Å²) in [6, 6.07) is 0. The topological polar surface area (TPSA) is 81.2 Å². The first kappa shape index (κ1) is 17.7. The fraction of sp³-hybridized carbons (Fsp3) is 0.625. The lowest BCUT2D eigenvalue weighted by atomic mass is 9.75. The Bertz CT molecular complexity index is 594. The van der Waals surface area contributed by atoms with Gasteiger partial charge in [-0.05, 0) is 25.2 Å². The number of carbonyl (C=O) groups is 2. The minimum absolute atomic E-state index is 0.0850. The summed E-state index contributed by atoms with van der Waals surface area (Å²) in [7, 11) is 1.40. The average Bonchev–Trinajstić information content (AvgIpc) is 3.00. The van der Waals surface area contributed by atoms with Crippen LogP contribution in [0.1, 0.15) is 38.8 Å². The molecule has 2 unspecified atom stereocenters. The number of aromatic nitrogens is 2. The Morgan fingerprint density at radius 2 is 2.13 bits per heavy atom. The maximum Gasteiger partial charge on any atom is 0.312 e. The van der Waals surface area contributed by atoms with Gasteiger partial charge in [-0.3, -0.25) is 14.6 Å². The highest BCUT2D eigenvalue weighted by Gasteiger charge is 2.50.